The summed E-state index contributed by atoms with van der Waals surface area (Å²) in [5.41, 5.74) is -3.39. The third-order valence-corrected chi connectivity index (χ3v) is 3.39. The molecule has 0 atom stereocenters. The fourth-order valence-electron chi connectivity index (χ4n) is 1.94. The van der Waals surface area contributed by atoms with Crippen molar-refractivity contribution < 1.29 is 27.3 Å². The Morgan fingerprint density at radius 3 is 2.54 bits per heavy atom. The zero-order chi connectivity index (χ0) is 19.6. The Hall–Kier alpha value is -2.95. The topological polar surface area (TPSA) is 94.2 Å². The minimum absolute atomic E-state index is 0.387. The van der Waals surface area contributed by atoms with Crippen LogP contribution in [-0.4, -0.2) is 15.4 Å². The fourth-order valence-corrected chi connectivity index (χ4v) is 2.16. The predicted octanol–water partition coefficient (Wildman–Crippen LogP) is 3.21. The molecule has 0 fully saturated rings. The number of benzene rings is 1. The number of nitro groups is 1. The van der Waals surface area contributed by atoms with Crippen molar-refractivity contribution in [1.29, 1.82) is 0 Å². The number of nitrogens with zero attached hydrogens (tertiary/aromatic N) is 2. The molecule has 1 N–H and O–H groups in total. The number of carbonyl (C=O) groups is 1. The van der Waals surface area contributed by atoms with Crippen molar-refractivity contribution in [2.24, 2.45) is 0 Å². The average molecular weight is 394 g/mol. The van der Waals surface area contributed by atoms with Gasteiger partial charge in [0.15, 0.2) is 0 Å². The maximum Gasteiger partial charge on any atom is 0.417 e. The quantitative estimate of drug-likeness (QED) is 0.490. The van der Waals surface area contributed by atoms with Crippen LogP contribution in [0, 0.1) is 15.9 Å². The summed E-state index contributed by atoms with van der Waals surface area (Å²) >= 11 is 5.45. The molecule has 0 saturated heterocycles. The van der Waals surface area contributed by atoms with Crippen molar-refractivity contribution in [1.82, 2.24) is 4.57 Å². The van der Waals surface area contributed by atoms with Crippen LogP contribution in [0.25, 0.3) is 0 Å². The number of hydrogen-bond acceptors (Lipinski definition) is 4. The van der Waals surface area contributed by atoms with Crippen molar-refractivity contribution in [3.63, 3.8) is 0 Å². The van der Waals surface area contributed by atoms with Crippen molar-refractivity contribution >= 4 is 28.9 Å². The average Bonchev–Trinajstić information content (AvgIpc) is 2.52. The van der Waals surface area contributed by atoms with E-state index in [-0.39, 0.29) is 0 Å². The van der Waals surface area contributed by atoms with Gasteiger partial charge in [-0.05, 0) is 12.1 Å². The van der Waals surface area contributed by atoms with Crippen LogP contribution in [0.5, 0.6) is 0 Å². The molecule has 0 bridgehead atoms. The van der Waals surface area contributed by atoms with E-state index in [2.05, 4.69) is 0 Å². The largest absolute Gasteiger partial charge is 0.417 e. The van der Waals surface area contributed by atoms with Crippen LogP contribution in [0.15, 0.2) is 35.3 Å². The summed E-state index contributed by atoms with van der Waals surface area (Å²) in [6, 6.07) is 2.75. The Morgan fingerprint density at radius 1 is 1.31 bits per heavy atom. The first-order valence-electron chi connectivity index (χ1n) is 6.70. The lowest BCUT2D eigenvalue weighted by molar-refractivity contribution is -0.384. The fraction of sp³-hybridized carbons (Fsp3) is 0.143. The van der Waals surface area contributed by atoms with E-state index in [0.717, 1.165) is 18.2 Å². The molecule has 138 valence electrons. The highest BCUT2D eigenvalue weighted by atomic mass is 35.5. The number of halogens is 5. The molecule has 0 aliphatic carbocycles. The van der Waals surface area contributed by atoms with Gasteiger partial charge in [-0.3, -0.25) is 19.7 Å². The predicted molar refractivity (Wildman–Crippen MR) is 82.4 cm³/mol. The summed E-state index contributed by atoms with van der Waals surface area (Å²) in [5, 5.41) is 11.9. The van der Waals surface area contributed by atoms with E-state index < -0.39 is 56.9 Å². The number of amides is 1. The van der Waals surface area contributed by atoms with Gasteiger partial charge in [0, 0.05) is 18.3 Å². The Morgan fingerprint density at radius 2 is 1.96 bits per heavy atom. The number of rotatable bonds is 4. The highest BCUT2D eigenvalue weighted by Crippen LogP contribution is 2.29. The monoisotopic (exact) mass is 393 g/mol. The molecule has 1 heterocycles. The van der Waals surface area contributed by atoms with Crippen LogP contribution >= 0.6 is 11.6 Å². The smallest absolute Gasteiger partial charge is 0.322 e. The van der Waals surface area contributed by atoms with Gasteiger partial charge in [-0.1, -0.05) is 11.6 Å². The normalized spacial score (nSPS) is 11.3. The van der Waals surface area contributed by atoms with Crippen LogP contribution < -0.4 is 10.9 Å². The molecule has 1 aromatic heterocycles. The lowest BCUT2D eigenvalue weighted by atomic mass is 10.2. The molecule has 0 aliphatic heterocycles. The first-order valence-corrected chi connectivity index (χ1v) is 7.08. The van der Waals surface area contributed by atoms with Gasteiger partial charge in [-0.25, -0.2) is 4.39 Å². The molecule has 0 radical (unpaired) electrons. The Kier molecular flexibility index (Phi) is 5.30. The molecule has 26 heavy (non-hydrogen) atoms. The van der Waals surface area contributed by atoms with Gasteiger partial charge in [0.2, 0.25) is 5.91 Å². The Labute approximate surface area is 147 Å². The van der Waals surface area contributed by atoms with Crippen molar-refractivity contribution in [3.8, 4) is 0 Å². The maximum atomic E-state index is 13.6. The van der Waals surface area contributed by atoms with Gasteiger partial charge in [0.1, 0.15) is 17.4 Å². The molecule has 7 nitrogen and oxygen atoms in total. The van der Waals surface area contributed by atoms with Gasteiger partial charge in [-0.15, -0.1) is 0 Å². The zero-order valence-corrected chi connectivity index (χ0v) is 13.3. The number of nitro benzene ring substituents is 1. The molecule has 12 heteroatoms. The Balaban J connectivity index is 2.29. The van der Waals surface area contributed by atoms with E-state index >= 15 is 0 Å². The minimum atomic E-state index is -4.80. The molecular formula is C14H8ClF4N3O4. The van der Waals surface area contributed by atoms with Gasteiger partial charge in [0.05, 0.1) is 16.2 Å². The Bertz CT molecular complexity index is 943. The number of anilines is 1. The number of nitrogens with one attached hydrogen (secondary N) is 1. The van der Waals surface area contributed by atoms with Crippen molar-refractivity contribution in [2.45, 2.75) is 12.7 Å². The number of aromatic nitrogens is 1. The molecule has 0 unspecified atom stereocenters. The number of hydrogen-bond donors (Lipinski definition) is 1. The zero-order valence-electron chi connectivity index (χ0n) is 12.5. The summed E-state index contributed by atoms with van der Waals surface area (Å²) in [7, 11) is 0. The highest BCUT2D eigenvalue weighted by Gasteiger charge is 2.32. The molecule has 0 aliphatic rings. The molecular weight excluding hydrogens is 386 g/mol. The van der Waals surface area contributed by atoms with Crippen LogP contribution in [0.4, 0.5) is 28.9 Å². The summed E-state index contributed by atoms with van der Waals surface area (Å²) in [6.07, 6.45) is -4.42. The van der Waals surface area contributed by atoms with Crippen LogP contribution in [0.2, 0.25) is 5.02 Å². The summed E-state index contributed by atoms with van der Waals surface area (Å²) in [4.78, 5) is 33.5. The van der Waals surface area contributed by atoms with Crippen molar-refractivity contribution in [2.75, 3.05) is 5.32 Å². The van der Waals surface area contributed by atoms with Gasteiger partial charge >= 0.3 is 6.18 Å². The number of pyridine rings is 1. The first-order chi connectivity index (χ1) is 12.0. The van der Waals surface area contributed by atoms with Gasteiger partial charge in [-0.2, -0.15) is 13.2 Å². The summed E-state index contributed by atoms with van der Waals surface area (Å²) in [5.74, 6) is -2.08. The molecule has 1 amide bonds. The van der Waals surface area contributed by atoms with Gasteiger partial charge in [0.25, 0.3) is 11.2 Å². The second-order valence-electron chi connectivity index (χ2n) is 4.98. The molecule has 0 spiro atoms. The van der Waals surface area contributed by atoms with E-state index in [4.69, 9.17) is 11.6 Å². The standard InChI is InChI=1S/C14H8ClF4N3O4/c15-9-3-7(14(17,18)19)5-21(13(9)24)6-12(23)20-11-4-8(22(25)26)1-2-10(11)16/h1-5H,6H2,(H,20,23). The van der Waals surface area contributed by atoms with Crippen LogP contribution in [-0.2, 0) is 17.5 Å². The molecule has 2 rings (SSSR count). The number of alkyl halides is 3. The highest BCUT2D eigenvalue weighted by molar-refractivity contribution is 6.30. The van der Waals surface area contributed by atoms with E-state index in [9.17, 15) is 37.3 Å². The van der Waals surface area contributed by atoms with Crippen LogP contribution in [0.3, 0.4) is 0 Å². The van der Waals surface area contributed by atoms with E-state index in [0.29, 0.717) is 16.8 Å². The van der Waals surface area contributed by atoms with E-state index in [1.807, 2.05) is 5.32 Å². The molecule has 2 aromatic rings. The molecule has 0 saturated carbocycles. The third-order valence-electron chi connectivity index (χ3n) is 3.12. The van der Waals surface area contributed by atoms with Crippen LogP contribution in [0.1, 0.15) is 5.56 Å². The minimum Gasteiger partial charge on any atom is -0.322 e. The van der Waals surface area contributed by atoms with Crippen molar-refractivity contribution in [3.05, 3.63) is 67.3 Å². The SMILES string of the molecule is O=C(Cn1cc(C(F)(F)F)cc(Cl)c1=O)Nc1cc([N+](=O)[O-])ccc1F. The summed E-state index contributed by atoms with van der Waals surface area (Å²) in [6.45, 7) is -0.912. The van der Waals surface area contributed by atoms with E-state index in [1.54, 1.807) is 0 Å². The summed E-state index contributed by atoms with van der Waals surface area (Å²) < 4.78 is 52.3. The number of carbonyl (C=O) groups excluding carboxylic acids is 1. The number of non-ortho nitro benzene ring substituents is 1. The lowest BCUT2D eigenvalue weighted by Gasteiger charge is -2.12. The third kappa shape index (κ3) is 4.36. The van der Waals surface area contributed by atoms with E-state index in [1.165, 1.54) is 0 Å². The maximum absolute atomic E-state index is 13.6. The second-order valence-corrected chi connectivity index (χ2v) is 5.38. The second kappa shape index (κ2) is 7.12. The first kappa shape index (κ1) is 19.4. The lowest BCUT2D eigenvalue weighted by Crippen LogP contribution is -2.29. The van der Waals surface area contributed by atoms with Gasteiger partial charge < -0.3 is 9.88 Å². The molecule has 1 aromatic carbocycles.